The van der Waals surface area contributed by atoms with Crippen molar-refractivity contribution < 1.29 is 14.6 Å². The first-order chi connectivity index (χ1) is 13.8. The summed E-state index contributed by atoms with van der Waals surface area (Å²) in [6.07, 6.45) is 8.53. The average Bonchev–Trinajstić information content (AvgIpc) is 2.67. The maximum atomic E-state index is 10.6. The number of hydrogen-bond donors (Lipinski definition) is 1. The Morgan fingerprint density at radius 1 is 1.31 bits per heavy atom. The van der Waals surface area contributed by atoms with Crippen LogP contribution in [0.1, 0.15) is 64.9 Å². The zero-order valence-corrected chi connectivity index (χ0v) is 18.6. The Balaban J connectivity index is 1.70. The van der Waals surface area contributed by atoms with Gasteiger partial charge in [0.15, 0.2) is 0 Å². The highest BCUT2D eigenvalue weighted by molar-refractivity contribution is 5.27. The lowest BCUT2D eigenvalue weighted by atomic mass is 9.59. The van der Waals surface area contributed by atoms with E-state index in [4.69, 9.17) is 9.47 Å². The van der Waals surface area contributed by atoms with Crippen LogP contribution in [0, 0.1) is 17.3 Å². The molecule has 2 aliphatic rings. The largest absolute Gasteiger partial charge is 0.497 e. The molecule has 0 saturated heterocycles. The summed E-state index contributed by atoms with van der Waals surface area (Å²) in [7, 11) is 1.69. The summed E-state index contributed by atoms with van der Waals surface area (Å²) >= 11 is 0. The molecule has 29 heavy (non-hydrogen) atoms. The van der Waals surface area contributed by atoms with Gasteiger partial charge in [-0.2, -0.15) is 0 Å². The van der Waals surface area contributed by atoms with Gasteiger partial charge in [-0.1, -0.05) is 49.6 Å². The van der Waals surface area contributed by atoms with E-state index in [1.165, 1.54) is 24.0 Å². The van der Waals surface area contributed by atoms with Crippen molar-refractivity contribution in [2.45, 2.75) is 78.1 Å². The smallest absolute Gasteiger partial charge is 0.118 e. The van der Waals surface area contributed by atoms with Crippen LogP contribution in [-0.2, 0) is 11.3 Å². The summed E-state index contributed by atoms with van der Waals surface area (Å²) in [6, 6.07) is 8.16. The van der Waals surface area contributed by atoms with Crippen molar-refractivity contribution in [2.75, 3.05) is 7.11 Å². The highest BCUT2D eigenvalue weighted by Crippen LogP contribution is 2.52. The fourth-order valence-corrected chi connectivity index (χ4v) is 5.45. The van der Waals surface area contributed by atoms with Crippen LogP contribution in [0.3, 0.4) is 0 Å². The molecular weight excluding hydrogens is 360 g/mol. The third-order valence-electron chi connectivity index (χ3n) is 6.88. The van der Waals surface area contributed by atoms with Gasteiger partial charge >= 0.3 is 0 Å². The number of hydrogen-bond acceptors (Lipinski definition) is 3. The van der Waals surface area contributed by atoms with E-state index < -0.39 is 0 Å². The third kappa shape index (κ3) is 5.32. The maximum absolute atomic E-state index is 10.6. The number of rotatable bonds is 8. The summed E-state index contributed by atoms with van der Waals surface area (Å²) in [6.45, 7) is 11.3. The predicted octanol–water partition coefficient (Wildman–Crippen LogP) is 6.07. The molecule has 1 N–H and O–H groups in total. The Morgan fingerprint density at radius 3 is 2.69 bits per heavy atom. The van der Waals surface area contributed by atoms with Crippen LogP contribution in [-0.4, -0.2) is 24.4 Å². The quantitative estimate of drug-likeness (QED) is 0.540. The van der Waals surface area contributed by atoms with Gasteiger partial charge in [0.25, 0.3) is 0 Å². The van der Waals surface area contributed by atoms with Crippen molar-refractivity contribution in [1.29, 1.82) is 0 Å². The lowest BCUT2D eigenvalue weighted by molar-refractivity contribution is -0.0451. The van der Waals surface area contributed by atoms with Gasteiger partial charge in [0.2, 0.25) is 0 Å². The molecule has 0 heterocycles. The zero-order chi connectivity index (χ0) is 21.0. The first kappa shape index (κ1) is 22.1. The summed E-state index contributed by atoms with van der Waals surface area (Å²) in [5.41, 5.74) is 3.84. The summed E-state index contributed by atoms with van der Waals surface area (Å²) in [5.74, 6) is 1.86. The Morgan fingerprint density at radius 2 is 2.03 bits per heavy atom. The number of methoxy groups -OCH3 is 1. The highest BCUT2D eigenvalue weighted by Gasteiger charge is 2.44. The van der Waals surface area contributed by atoms with E-state index in [-0.39, 0.29) is 17.6 Å². The molecule has 1 fully saturated rings. The number of aliphatic hydroxyl groups excluding tert-OH is 1. The second kappa shape index (κ2) is 9.49. The van der Waals surface area contributed by atoms with Crippen LogP contribution in [0.15, 0.2) is 48.1 Å². The zero-order valence-electron chi connectivity index (χ0n) is 18.6. The van der Waals surface area contributed by atoms with Crippen LogP contribution in [0.2, 0.25) is 0 Å². The number of allylic oxidation sites excluding steroid dienone is 1. The molecule has 0 aromatic heterocycles. The van der Waals surface area contributed by atoms with Crippen molar-refractivity contribution >= 4 is 0 Å². The van der Waals surface area contributed by atoms with Gasteiger partial charge in [0.1, 0.15) is 5.75 Å². The van der Waals surface area contributed by atoms with Crippen LogP contribution >= 0.6 is 0 Å². The number of fused-ring (bicyclic) bond motifs is 1. The molecule has 0 radical (unpaired) electrons. The van der Waals surface area contributed by atoms with E-state index in [2.05, 4.69) is 38.6 Å². The average molecular weight is 399 g/mol. The Labute approximate surface area is 176 Å². The molecule has 0 bridgehead atoms. The third-order valence-corrected chi connectivity index (χ3v) is 6.88. The van der Waals surface area contributed by atoms with Crippen LogP contribution < -0.4 is 4.74 Å². The topological polar surface area (TPSA) is 38.7 Å². The van der Waals surface area contributed by atoms with Crippen LogP contribution in [0.5, 0.6) is 5.75 Å². The fourth-order valence-electron chi connectivity index (χ4n) is 5.45. The molecule has 1 saturated carbocycles. The number of benzene rings is 1. The van der Waals surface area contributed by atoms with E-state index in [1.54, 1.807) is 7.11 Å². The van der Waals surface area contributed by atoms with Gasteiger partial charge in [-0.05, 0) is 68.1 Å². The Kier molecular flexibility index (Phi) is 7.23. The van der Waals surface area contributed by atoms with Gasteiger partial charge in [-0.15, -0.1) is 6.58 Å². The molecule has 2 aliphatic carbocycles. The lowest BCUT2D eigenvalue weighted by Crippen LogP contribution is -2.43. The predicted molar refractivity (Wildman–Crippen MR) is 119 cm³/mol. The first-order valence-electron chi connectivity index (χ1n) is 11.1. The first-order valence-corrected chi connectivity index (χ1v) is 11.1. The summed E-state index contributed by atoms with van der Waals surface area (Å²) in [5, 5.41) is 10.6. The molecule has 0 aliphatic heterocycles. The molecule has 0 spiro atoms. The van der Waals surface area contributed by atoms with Gasteiger partial charge in [-0.3, -0.25) is 0 Å². The minimum Gasteiger partial charge on any atom is -0.497 e. The minimum absolute atomic E-state index is 0.0691. The molecular formula is C26H38O3. The summed E-state index contributed by atoms with van der Waals surface area (Å²) in [4.78, 5) is 0. The van der Waals surface area contributed by atoms with Crippen molar-refractivity contribution in [2.24, 2.45) is 17.3 Å². The highest BCUT2D eigenvalue weighted by atomic mass is 16.5. The van der Waals surface area contributed by atoms with E-state index in [0.29, 0.717) is 24.9 Å². The molecule has 160 valence electrons. The summed E-state index contributed by atoms with van der Waals surface area (Å²) < 4.78 is 11.8. The molecule has 1 aromatic carbocycles. The van der Waals surface area contributed by atoms with Crippen LogP contribution in [0.4, 0.5) is 0 Å². The maximum Gasteiger partial charge on any atom is 0.118 e. The van der Waals surface area contributed by atoms with Crippen molar-refractivity contribution in [1.82, 2.24) is 0 Å². The van der Waals surface area contributed by atoms with E-state index >= 15 is 0 Å². The van der Waals surface area contributed by atoms with E-state index in [1.807, 2.05) is 19.1 Å². The van der Waals surface area contributed by atoms with Crippen molar-refractivity contribution in [3.63, 3.8) is 0 Å². The van der Waals surface area contributed by atoms with E-state index in [9.17, 15) is 5.11 Å². The molecule has 3 heteroatoms. The van der Waals surface area contributed by atoms with Gasteiger partial charge in [0, 0.05) is 5.92 Å². The van der Waals surface area contributed by atoms with Gasteiger partial charge in [-0.25, -0.2) is 0 Å². The van der Waals surface area contributed by atoms with Gasteiger partial charge < -0.3 is 14.6 Å². The molecule has 5 atom stereocenters. The minimum atomic E-state index is -0.310. The normalized spacial score (nSPS) is 30.2. The monoisotopic (exact) mass is 398 g/mol. The fraction of sp³-hybridized carbons (Fsp3) is 0.615. The second-order valence-corrected chi connectivity index (χ2v) is 9.57. The van der Waals surface area contributed by atoms with Gasteiger partial charge in [0.05, 0.1) is 25.9 Å². The van der Waals surface area contributed by atoms with Crippen molar-refractivity contribution in [3.05, 3.63) is 53.6 Å². The van der Waals surface area contributed by atoms with Crippen molar-refractivity contribution in [3.8, 4) is 5.75 Å². The Bertz CT molecular complexity index is 720. The lowest BCUT2D eigenvalue weighted by Gasteiger charge is -2.48. The number of aliphatic hydroxyl groups is 1. The second-order valence-electron chi connectivity index (χ2n) is 9.57. The SMILES string of the molecule is C=C(C)C[C@@H](O)C[C@@]1(C)CCC[C@H]2C1=CC[C@H](C)[C@@H]2OCc1ccc(OC)cc1. The van der Waals surface area contributed by atoms with E-state index in [0.717, 1.165) is 30.6 Å². The molecule has 3 nitrogen and oxygen atoms in total. The molecule has 1 aromatic rings. The molecule has 3 rings (SSSR count). The van der Waals surface area contributed by atoms with Crippen LogP contribution in [0.25, 0.3) is 0 Å². The molecule has 0 unspecified atom stereocenters. The molecule has 0 amide bonds. The Hall–Kier alpha value is -1.58. The number of ether oxygens (including phenoxy) is 2. The standard InChI is InChI=1S/C26H38O3/c1-18(2)15-21(27)16-26(4)14-6-7-23-24(26)13-8-19(3)25(23)29-17-20-9-11-22(28-5)12-10-20/h9-13,19,21,23,25,27H,1,6-8,14-17H2,2-5H3/t19-,21+,23-,25-,26+/m0/s1.